The predicted octanol–water partition coefficient (Wildman–Crippen LogP) is 2.56. The lowest BCUT2D eigenvalue weighted by Crippen LogP contribution is -2.37. The van der Waals surface area contributed by atoms with Crippen LogP contribution >= 0.6 is 11.6 Å². The molecule has 5 nitrogen and oxygen atoms in total. The van der Waals surface area contributed by atoms with Gasteiger partial charge < -0.3 is 10.3 Å². The second-order valence-corrected chi connectivity index (χ2v) is 5.88. The van der Waals surface area contributed by atoms with E-state index in [9.17, 15) is 0 Å². The first kappa shape index (κ1) is 14.5. The van der Waals surface area contributed by atoms with Gasteiger partial charge in [-0.05, 0) is 44.0 Å². The van der Waals surface area contributed by atoms with Crippen LogP contribution in [0, 0.1) is 5.92 Å². The molecule has 21 heavy (non-hydrogen) atoms. The van der Waals surface area contributed by atoms with Crippen molar-refractivity contribution in [3.8, 4) is 11.4 Å². The predicted molar refractivity (Wildman–Crippen MR) is 81.8 cm³/mol. The lowest BCUT2D eigenvalue weighted by molar-refractivity contribution is 0.153. The first-order chi connectivity index (χ1) is 10.3. The maximum absolute atomic E-state index is 6.15. The van der Waals surface area contributed by atoms with Crippen molar-refractivity contribution in [2.24, 2.45) is 11.7 Å². The standard InChI is InChI=1S/C15H19ClN4O/c16-13-6-2-1-5-12(13)15-18-14(21-19-15)10-20-7-3-4-11(8-17)9-20/h1-2,5-6,11H,3-4,7-10,17H2. The van der Waals surface area contributed by atoms with E-state index >= 15 is 0 Å². The van der Waals surface area contributed by atoms with E-state index < -0.39 is 0 Å². The number of hydrogen-bond donors (Lipinski definition) is 1. The van der Waals surface area contributed by atoms with Gasteiger partial charge in [0.05, 0.1) is 11.6 Å². The first-order valence-corrected chi connectivity index (χ1v) is 7.64. The van der Waals surface area contributed by atoms with Gasteiger partial charge in [0.1, 0.15) is 0 Å². The van der Waals surface area contributed by atoms with Crippen molar-refractivity contribution in [2.45, 2.75) is 19.4 Å². The van der Waals surface area contributed by atoms with Crippen molar-refractivity contribution in [1.82, 2.24) is 15.0 Å². The van der Waals surface area contributed by atoms with Crippen molar-refractivity contribution in [3.63, 3.8) is 0 Å². The summed E-state index contributed by atoms with van der Waals surface area (Å²) in [7, 11) is 0. The van der Waals surface area contributed by atoms with E-state index in [-0.39, 0.29) is 0 Å². The molecule has 2 heterocycles. The summed E-state index contributed by atoms with van der Waals surface area (Å²) < 4.78 is 5.35. The second-order valence-electron chi connectivity index (χ2n) is 5.47. The minimum absolute atomic E-state index is 0.544. The number of nitrogens with zero attached hydrogens (tertiary/aromatic N) is 3. The number of halogens is 1. The highest BCUT2D eigenvalue weighted by molar-refractivity contribution is 6.33. The Morgan fingerprint density at radius 3 is 3.05 bits per heavy atom. The van der Waals surface area contributed by atoms with E-state index in [0.717, 1.165) is 25.2 Å². The Morgan fingerprint density at radius 1 is 1.38 bits per heavy atom. The van der Waals surface area contributed by atoms with Gasteiger partial charge in [-0.15, -0.1) is 0 Å². The van der Waals surface area contributed by atoms with Gasteiger partial charge in [-0.25, -0.2) is 0 Å². The van der Waals surface area contributed by atoms with E-state index in [2.05, 4.69) is 15.0 Å². The molecule has 1 unspecified atom stereocenters. The van der Waals surface area contributed by atoms with E-state index in [1.165, 1.54) is 12.8 Å². The highest BCUT2D eigenvalue weighted by Gasteiger charge is 2.21. The quantitative estimate of drug-likeness (QED) is 0.940. The summed E-state index contributed by atoms with van der Waals surface area (Å²) in [5.74, 6) is 1.75. The smallest absolute Gasteiger partial charge is 0.241 e. The molecule has 0 bridgehead atoms. The van der Waals surface area contributed by atoms with Gasteiger partial charge >= 0.3 is 0 Å². The zero-order valence-electron chi connectivity index (χ0n) is 11.8. The minimum atomic E-state index is 0.544. The summed E-state index contributed by atoms with van der Waals surface area (Å²) in [6.45, 7) is 3.47. The number of hydrogen-bond acceptors (Lipinski definition) is 5. The molecule has 1 atom stereocenters. The normalized spacial score (nSPS) is 19.8. The van der Waals surface area contributed by atoms with Crippen molar-refractivity contribution >= 4 is 11.6 Å². The Balaban J connectivity index is 1.69. The first-order valence-electron chi connectivity index (χ1n) is 7.26. The molecule has 1 saturated heterocycles. The van der Waals surface area contributed by atoms with Gasteiger partial charge in [0.15, 0.2) is 0 Å². The molecule has 0 amide bonds. The molecule has 2 N–H and O–H groups in total. The Morgan fingerprint density at radius 2 is 2.24 bits per heavy atom. The molecule has 3 rings (SSSR count). The van der Waals surface area contributed by atoms with E-state index in [0.29, 0.717) is 29.2 Å². The van der Waals surface area contributed by atoms with E-state index in [1.807, 2.05) is 24.3 Å². The molecule has 1 fully saturated rings. The fourth-order valence-electron chi connectivity index (χ4n) is 2.75. The van der Waals surface area contributed by atoms with Crippen molar-refractivity contribution in [1.29, 1.82) is 0 Å². The summed E-state index contributed by atoms with van der Waals surface area (Å²) in [5.41, 5.74) is 6.56. The molecule has 112 valence electrons. The molecule has 1 aliphatic heterocycles. The van der Waals surface area contributed by atoms with Crippen molar-refractivity contribution < 1.29 is 4.52 Å². The van der Waals surface area contributed by atoms with E-state index in [4.69, 9.17) is 21.9 Å². The SMILES string of the molecule is NCC1CCCN(Cc2nc(-c3ccccc3Cl)no2)C1. The topological polar surface area (TPSA) is 68.2 Å². The minimum Gasteiger partial charge on any atom is -0.338 e. The van der Waals surface area contributed by atoms with Crippen LogP contribution in [0.5, 0.6) is 0 Å². The van der Waals surface area contributed by atoms with Gasteiger partial charge in [0.2, 0.25) is 11.7 Å². The number of rotatable bonds is 4. The molecule has 0 aliphatic carbocycles. The molecule has 2 aromatic rings. The molecule has 0 saturated carbocycles. The molecule has 1 aromatic carbocycles. The molecule has 6 heteroatoms. The zero-order valence-corrected chi connectivity index (χ0v) is 12.6. The third kappa shape index (κ3) is 3.43. The number of nitrogens with two attached hydrogens (primary N) is 1. The fourth-order valence-corrected chi connectivity index (χ4v) is 2.97. The van der Waals surface area contributed by atoms with E-state index in [1.54, 1.807) is 0 Å². The molecule has 1 aliphatic rings. The summed E-state index contributed by atoms with van der Waals surface area (Å²) in [4.78, 5) is 6.78. The molecule has 0 spiro atoms. The Bertz CT molecular complexity index is 601. The van der Waals surface area contributed by atoms with Crippen LogP contribution in [0.3, 0.4) is 0 Å². The van der Waals surface area contributed by atoms with Gasteiger partial charge in [0, 0.05) is 12.1 Å². The third-order valence-electron chi connectivity index (χ3n) is 3.88. The van der Waals surface area contributed by atoms with Crippen LogP contribution in [0.2, 0.25) is 5.02 Å². The Labute approximate surface area is 129 Å². The number of benzene rings is 1. The van der Waals surface area contributed by atoms with Crippen LogP contribution in [0.15, 0.2) is 28.8 Å². The van der Waals surface area contributed by atoms with Crippen LogP contribution in [0.4, 0.5) is 0 Å². The maximum Gasteiger partial charge on any atom is 0.241 e. The van der Waals surface area contributed by atoms with Gasteiger partial charge in [0.25, 0.3) is 0 Å². The molecular weight excluding hydrogens is 288 g/mol. The largest absolute Gasteiger partial charge is 0.338 e. The zero-order chi connectivity index (χ0) is 14.7. The Hall–Kier alpha value is -1.43. The number of likely N-dealkylation sites (tertiary alicyclic amines) is 1. The van der Waals surface area contributed by atoms with Gasteiger partial charge in [-0.3, -0.25) is 4.90 Å². The maximum atomic E-state index is 6.15. The average molecular weight is 307 g/mol. The monoisotopic (exact) mass is 306 g/mol. The van der Waals surface area contributed by atoms with Crippen molar-refractivity contribution in [2.75, 3.05) is 19.6 Å². The van der Waals surface area contributed by atoms with Crippen LogP contribution in [-0.4, -0.2) is 34.7 Å². The lowest BCUT2D eigenvalue weighted by Gasteiger charge is -2.30. The highest BCUT2D eigenvalue weighted by atomic mass is 35.5. The fraction of sp³-hybridized carbons (Fsp3) is 0.467. The lowest BCUT2D eigenvalue weighted by atomic mass is 9.98. The van der Waals surface area contributed by atoms with Crippen LogP contribution < -0.4 is 5.73 Å². The van der Waals surface area contributed by atoms with Crippen molar-refractivity contribution in [3.05, 3.63) is 35.2 Å². The highest BCUT2D eigenvalue weighted by Crippen LogP contribution is 2.25. The summed E-state index contributed by atoms with van der Waals surface area (Å²) in [6.07, 6.45) is 2.38. The second kappa shape index (κ2) is 6.56. The van der Waals surface area contributed by atoms with Crippen LogP contribution in [0.1, 0.15) is 18.7 Å². The molecular formula is C15H19ClN4O. The summed E-state index contributed by atoms with van der Waals surface area (Å²) in [6, 6.07) is 7.51. The third-order valence-corrected chi connectivity index (χ3v) is 4.21. The summed E-state index contributed by atoms with van der Waals surface area (Å²) in [5, 5.41) is 4.66. The van der Waals surface area contributed by atoms with Crippen LogP contribution in [-0.2, 0) is 6.54 Å². The average Bonchev–Trinajstić information content (AvgIpc) is 2.96. The molecule has 0 radical (unpaired) electrons. The Kier molecular flexibility index (Phi) is 4.53. The molecule has 1 aromatic heterocycles. The summed E-state index contributed by atoms with van der Waals surface area (Å²) >= 11 is 6.15. The number of aromatic nitrogens is 2. The van der Waals surface area contributed by atoms with Gasteiger partial charge in [-0.1, -0.05) is 28.9 Å². The van der Waals surface area contributed by atoms with Gasteiger partial charge in [-0.2, -0.15) is 4.98 Å². The number of piperidine rings is 1. The van der Waals surface area contributed by atoms with Crippen LogP contribution in [0.25, 0.3) is 11.4 Å².